The van der Waals surface area contributed by atoms with Gasteiger partial charge in [0.1, 0.15) is 11.5 Å². The van der Waals surface area contributed by atoms with E-state index in [1.165, 1.54) is 19.1 Å². The van der Waals surface area contributed by atoms with E-state index in [1.54, 1.807) is 6.92 Å². The first-order valence-corrected chi connectivity index (χ1v) is 4.96. The molecule has 1 amide bonds. The highest BCUT2D eigenvalue weighted by atomic mass is 19.1. The molecule has 0 aromatic carbocycles. The fourth-order valence-corrected chi connectivity index (χ4v) is 1.07. The van der Waals surface area contributed by atoms with Crippen LogP contribution in [-0.2, 0) is 4.79 Å². The van der Waals surface area contributed by atoms with Gasteiger partial charge >= 0.3 is 0 Å². The smallest absolute Gasteiger partial charge is 0.216 e. The second kappa shape index (κ2) is 5.86. The maximum atomic E-state index is 12.9. The van der Waals surface area contributed by atoms with Gasteiger partial charge in [-0.25, -0.2) is 9.37 Å². The minimum absolute atomic E-state index is 0.0717. The summed E-state index contributed by atoms with van der Waals surface area (Å²) in [5.41, 5.74) is 0.885. The van der Waals surface area contributed by atoms with Crippen molar-refractivity contribution in [3.63, 3.8) is 0 Å². The van der Waals surface area contributed by atoms with E-state index in [0.717, 1.165) is 0 Å². The predicted octanol–water partition coefficient (Wildman–Crippen LogP) is 1.41. The molecular formula is C12H13FN2O. The Morgan fingerprint density at radius 2 is 2.31 bits per heavy atom. The van der Waals surface area contributed by atoms with Crippen molar-refractivity contribution in [1.29, 1.82) is 0 Å². The van der Waals surface area contributed by atoms with E-state index in [1.807, 2.05) is 0 Å². The standard InChI is InChI=1S/C12H13FN2O/c1-9-12(13)7-6-11(15-9)5-3-4-8-14-10(2)16/h6-7H,4,8H2,1-2H3,(H,14,16). The number of amides is 1. The van der Waals surface area contributed by atoms with Gasteiger partial charge in [-0.05, 0) is 25.0 Å². The molecule has 1 aromatic rings. The van der Waals surface area contributed by atoms with E-state index < -0.39 is 0 Å². The monoisotopic (exact) mass is 220 g/mol. The lowest BCUT2D eigenvalue weighted by Crippen LogP contribution is -2.20. The van der Waals surface area contributed by atoms with Crippen molar-refractivity contribution in [2.75, 3.05) is 6.54 Å². The van der Waals surface area contributed by atoms with Crippen LogP contribution < -0.4 is 5.32 Å². The van der Waals surface area contributed by atoms with Crippen LogP contribution >= 0.6 is 0 Å². The number of carbonyl (C=O) groups excluding carboxylic acids is 1. The summed E-state index contributed by atoms with van der Waals surface area (Å²) < 4.78 is 12.9. The van der Waals surface area contributed by atoms with Crippen molar-refractivity contribution in [2.45, 2.75) is 20.3 Å². The average Bonchev–Trinajstić information content (AvgIpc) is 2.22. The molecule has 0 atom stereocenters. The van der Waals surface area contributed by atoms with Gasteiger partial charge in [-0.1, -0.05) is 5.92 Å². The molecular weight excluding hydrogens is 207 g/mol. The Hall–Kier alpha value is -1.89. The zero-order valence-electron chi connectivity index (χ0n) is 9.30. The van der Waals surface area contributed by atoms with E-state index >= 15 is 0 Å². The van der Waals surface area contributed by atoms with Gasteiger partial charge in [0.05, 0.1) is 5.69 Å². The Morgan fingerprint density at radius 1 is 1.56 bits per heavy atom. The normalized spacial score (nSPS) is 9.19. The molecule has 0 saturated heterocycles. The first-order chi connectivity index (χ1) is 7.59. The number of nitrogens with one attached hydrogen (secondary N) is 1. The fourth-order valence-electron chi connectivity index (χ4n) is 1.07. The third-order valence-electron chi connectivity index (χ3n) is 1.86. The van der Waals surface area contributed by atoms with E-state index in [4.69, 9.17) is 0 Å². The molecule has 1 rings (SSSR count). The van der Waals surface area contributed by atoms with Crippen LogP contribution in [0, 0.1) is 24.6 Å². The molecule has 4 heteroatoms. The summed E-state index contributed by atoms with van der Waals surface area (Å²) >= 11 is 0. The summed E-state index contributed by atoms with van der Waals surface area (Å²) in [4.78, 5) is 14.5. The van der Waals surface area contributed by atoms with Crippen molar-refractivity contribution in [1.82, 2.24) is 10.3 Å². The van der Waals surface area contributed by atoms with Crippen molar-refractivity contribution >= 4 is 5.91 Å². The number of hydrogen-bond donors (Lipinski definition) is 1. The van der Waals surface area contributed by atoms with Gasteiger partial charge in [0.2, 0.25) is 5.91 Å². The molecule has 0 spiro atoms. The number of carbonyl (C=O) groups is 1. The molecule has 84 valence electrons. The van der Waals surface area contributed by atoms with Crippen LogP contribution in [0.1, 0.15) is 24.7 Å². The number of aromatic nitrogens is 1. The van der Waals surface area contributed by atoms with Crippen LogP contribution in [-0.4, -0.2) is 17.4 Å². The third kappa shape index (κ3) is 4.09. The Kier molecular flexibility index (Phi) is 4.46. The van der Waals surface area contributed by atoms with E-state index in [0.29, 0.717) is 24.4 Å². The lowest BCUT2D eigenvalue weighted by atomic mass is 10.3. The van der Waals surface area contributed by atoms with Gasteiger partial charge in [-0.15, -0.1) is 0 Å². The number of halogens is 1. The maximum absolute atomic E-state index is 12.9. The van der Waals surface area contributed by atoms with Crippen molar-refractivity contribution in [2.24, 2.45) is 0 Å². The summed E-state index contributed by atoms with van der Waals surface area (Å²) in [5, 5.41) is 2.63. The Morgan fingerprint density at radius 3 is 2.94 bits per heavy atom. The highest BCUT2D eigenvalue weighted by molar-refractivity contribution is 5.72. The van der Waals surface area contributed by atoms with Gasteiger partial charge in [0, 0.05) is 19.9 Å². The number of hydrogen-bond acceptors (Lipinski definition) is 2. The zero-order chi connectivity index (χ0) is 12.0. The number of aryl methyl sites for hydroxylation is 1. The molecule has 1 N–H and O–H groups in total. The summed E-state index contributed by atoms with van der Waals surface area (Å²) in [6, 6.07) is 2.88. The second-order valence-electron chi connectivity index (χ2n) is 3.30. The molecule has 0 radical (unpaired) electrons. The van der Waals surface area contributed by atoms with Crippen LogP contribution in [0.25, 0.3) is 0 Å². The number of pyridine rings is 1. The van der Waals surface area contributed by atoms with Gasteiger partial charge < -0.3 is 5.32 Å². The minimum atomic E-state index is -0.330. The van der Waals surface area contributed by atoms with Gasteiger partial charge in [-0.2, -0.15) is 0 Å². The van der Waals surface area contributed by atoms with Crippen LogP contribution in [0.2, 0.25) is 0 Å². The maximum Gasteiger partial charge on any atom is 0.216 e. The fraction of sp³-hybridized carbons (Fsp3) is 0.333. The van der Waals surface area contributed by atoms with Crippen LogP contribution in [0.15, 0.2) is 12.1 Å². The number of rotatable bonds is 2. The molecule has 0 aliphatic rings. The lowest BCUT2D eigenvalue weighted by molar-refractivity contribution is -0.118. The first-order valence-electron chi connectivity index (χ1n) is 4.96. The molecule has 16 heavy (non-hydrogen) atoms. The second-order valence-corrected chi connectivity index (χ2v) is 3.30. The highest BCUT2D eigenvalue weighted by Crippen LogP contribution is 2.03. The molecule has 0 unspecified atom stereocenters. The molecule has 0 bridgehead atoms. The Bertz CT molecular complexity index is 446. The first kappa shape index (κ1) is 12.2. The molecule has 0 saturated carbocycles. The summed E-state index contributed by atoms with van der Waals surface area (Å²) in [6.45, 7) is 3.57. The van der Waals surface area contributed by atoms with Gasteiger partial charge in [0.15, 0.2) is 0 Å². The molecule has 0 aliphatic heterocycles. The van der Waals surface area contributed by atoms with Crippen molar-refractivity contribution in [3.05, 3.63) is 29.3 Å². The SMILES string of the molecule is CC(=O)NCCC#Cc1ccc(F)c(C)n1. The largest absolute Gasteiger partial charge is 0.355 e. The minimum Gasteiger partial charge on any atom is -0.355 e. The average molecular weight is 220 g/mol. The topological polar surface area (TPSA) is 42.0 Å². The molecule has 1 aromatic heterocycles. The lowest BCUT2D eigenvalue weighted by Gasteiger charge is -1.96. The van der Waals surface area contributed by atoms with E-state index in [2.05, 4.69) is 22.1 Å². The van der Waals surface area contributed by atoms with E-state index in [9.17, 15) is 9.18 Å². The van der Waals surface area contributed by atoms with Gasteiger partial charge in [-0.3, -0.25) is 4.79 Å². The highest BCUT2D eigenvalue weighted by Gasteiger charge is 1.97. The summed E-state index contributed by atoms with van der Waals surface area (Å²) in [6.07, 6.45) is 0.553. The quantitative estimate of drug-likeness (QED) is 0.604. The number of nitrogens with zero attached hydrogens (tertiary/aromatic N) is 1. The third-order valence-corrected chi connectivity index (χ3v) is 1.86. The van der Waals surface area contributed by atoms with E-state index in [-0.39, 0.29) is 11.7 Å². The predicted molar refractivity (Wildman–Crippen MR) is 59.1 cm³/mol. The van der Waals surface area contributed by atoms with Crippen LogP contribution in [0.5, 0.6) is 0 Å². The Labute approximate surface area is 94.1 Å². The van der Waals surface area contributed by atoms with Gasteiger partial charge in [0.25, 0.3) is 0 Å². The molecule has 3 nitrogen and oxygen atoms in total. The molecule has 0 fully saturated rings. The Balaban J connectivity index is 2.50. The van der Waals surface area contributed by atoms with Crippen molar-refractivity contribution in [3.8, 4) is 11.8 Å². The van der Waals surface area contributed by atoms with Crippen LogP contribution in [0.3, 0.4) is 0 Å². The van der Waals surface area contributed by atoms with Crippen molar-refractivity contribution < 1.29 is 9.18 Å². The molecule has 0 aliphatic carbocycles. The summed E-state index contributed by atoms with van der Waals surface area (Å²) in [5.74, 6) is 5.26. The molecule has 1 heterocycles. The zero-order valence-corrected chi connectivity index (χ0v) is 9.30. The summed E-state index contributed by atoms with van der Waals surface area (Å²) in [7, 11) is 0. The van der Waals surface area contributed by atoms with Crippen LogP contribution in [0.4, 0.5) is 4.39 Å².